The Hall–Kier alpha value is -5.99. The van der Waals surface area contributed by atoms with E-state index in [2.05, 4.69) is 20.6 Å². The molecule has 28 heteroatoms. The molecule has 450 valence electrons. The van der Waals surface area contributed by atoms with Crippen molar-refractivity contribution >= 4 is 62.9 Å². The van der Waals surface area contributed by atoms with Gasteiger partial charge in [-0.3, -0.25) is 19.2 Å². The molecule has 0 bridgehead atoms. The van der Waals surface area contributed by atoms with Gasteiger partial charge < -0.3 is 71.9 Å². The number of anilines is 1. The van der Waals surface area contributed by atoms with Crippen molar-refractivity contribution in [3.63, 3.8) is 0 Å². The van der Waals surface area contributed by atoms with Crippen LogP contribution < -0.4 is 10.2 Å². The molecule has 2 aromatic carbocycles. The minimum atomic E-state index is -1.03. The number of nitrogens with zero attached hydrogens (tertiary/aromatic N) is 7. The van der Waals surface area contributed by atoms with Crippen LogP contribution >= 0.6 is 11.3 Å². The molecule has 27 nitrogen and oxygen atoms in total. The molecule has 5 heterocycles. The fraction of sp³-hybridized carbons (Fsp3) is 0.611. The number of carbonyl (C=O) groups is 6. The van der Waals surface area contributed by atoms with Gasteiger partial charge in [-0.25, -0.2) is 24.2 Å². The second-order valence-corrected chi connectivity index (χ2v) is 19.5. The molecular formula is C54H74N8O19S. The maximum atomic E-state index is 13.6. The molecule has 0 saturated carbocycles. The number of fused-ring (bicyclic) bond motifs is 1. The number of likely N-dealkylation sites (tertiary alicyclic amines) is 1. The van der Waals surface area contributed by atoms with Crippen LogP contribution in [0.25, 0.3) is 21.5 Å². The summed E-state index contributed by atoms with van der Waals surface area (Å²) in [5.41, 5.74) is 1.71. The molecule has 0 radical (unpaired) electrons. The van der Waals surface area contributed by atoms with E-state index in [1.165, 1.54) is 16.2 Å². The summed E-state index contributed by atoms with van der Waals surface area (Å²) in [7, 11) is 0. The van der Waals surface area contributed by atoms with E-state index < -0.39 is 29.4 Å². The fourth-order valence-corrected chi connectivity index (χ4v) is 9.33. The Morgan fingerprint density at radius 1 is 0.573 bits per heavy atom. The van der Waals surface area contributed by atoms with Crippen LogP contribution in [0.5, 0.6) is 0 Å². The zero-order valence-electron chi connectivity index (χ0n) is 46.1. The molecule has 6 amide bonds. The van der Waals surface area contributed by atoms with Crippen molar-refractivity contribution in [2.24, 2.45) is 0 Å². The topological polar surface area (TPSA) is 288 Å². The molecule has 3 aliphatic heterocycles. The number of ether oxygens (including phenoxy) is 12. The molecule has 1 spiro atoms. The van der Waals surface area contributed by atoms with Gasteiger partial charge in [0.05, 0.1) is 194 Å². The minimum Gasteiger partial charge on any atom is -0.378 e. The monoisotopic (exact) mass is 1170 g/mol. The van der Waals surface area contributed by atoms with Gasteiger partial charge in [-0.05, 0) is 37.1 Å². The predicted molar refractivity (Wildman–Crippen MR) is 291 cm³/mol. The number of carbonyl (C=O) groups excluding carboxylic acids is 6. The van der Waals surface area contributed by atoms with Crippen molar-refractivity contribution in [1.29, 1.82) is 0 Å². The highest BCUT2D eigenvalue weighted by Crippen LogP contribution is 2.34. The number of nitrogens with one attached hydrogen (secondary N) is 1. The Morgan fingerprint density at radius 2 is 1.04 bits per heavy atom. The van der Waals surface area contributed by atoms with Crippen molar-refractivity contribution in [1.82, 2.24) is 35.3 Å². The fourth-order valence-electron chi connectivity index (χ4n) is 8.35. The van der Waals surface area contributed by atoms with Crippen molar-refractivity contribution in [2.75, 3.05) is 177 Å². The third-order valence-electron chi connectivity index (χ3n) is 12.7. The number of benzene rings is 2. The molecule has 2 aromatic heterocycles. The summed E-state index contributed by atoms with van der Waals surface area (Å²) in [4.78, 5) is 86.7. The van der Waals surface area contributed by atoms with E-state index >= 15 is 0 Å². The lowest BCUT2D eigenvalue weighted by Crippen LogP contribution is -2.55. The molecule has 1 N–H and O–H groups in total. The van der Waals surface area contributed by atoms with Gasteiger partial charge in [0.15, 0.2) is 5.01 Å². The van der Waals surface area contributed by atoms with Crippen LogP contribution in [-0.2, 0) is 87.4 Å². The summed E-state index contributed by atoms with van der Waals surface area (Å²) < 4.78 is 68.7. The van der Waals surface area contributed by atoms with Gasteiger partial charge in [-0.15, -0.1) is 21.5 Å². The third kappa shape index (κ3) is 21.0. The van der Waals surface area contributed by atoms with Gasteiger partial charge in [-0.2, -0.15) is 0 Å². The molecule has 82 heavy (non-hydrogen) atoms. The molecule has 4 aromatic rings. The van der Waals surface area contributed by atoms with Crippen LogP contribution in [0.15, 0.2) is 54.7 Å². The van der Waals surface area contributed by atoms with Crippen LogP contribution in [0.4, 0.5) is 10.5 Å². The summed E-state index contributed by atoms with van der Waals surface area (Å²) in [6, 6.07) is 14.1. The first kappa shape index (κ1) is 63.6. The average Bonchev–Trinajstić information content (AvgIpc) is 4.48. The number of rotatable bonds is 43. The SMILES string of the molecule is O=C(CCOCCOCCOCCOCCOCCOCCOCCOCCOCCOCCOCCOCCn1cc(-c2ccc3nc(C(=O)N4CCC5(CC4)NC(=O)N(c4ccccc4)C5=O)sc3c2)nn1)ON1C(=O)CCC1=O. The number of imide groups is 2. The summed E-state index contributed by atoms with van der Waals surface area (Å²) in [5.74, 6) is -2.24. The van der Waals surface area contributed by atoms with Gasteiger partial charge in [0, 0.05) is 31.5 Å². The van der Waals surface area contributed by atoms with Crippen molar-refractivity contribution in [3.8, 4) is 11.3 Å². The van der Waals surface area contributed by atoms with Crippen LogP contribution in [0.3, 0.4) is 0 Å². The minimum absolute atomic E-state index is 0.0495. The first-order chi connectivity index (χ1) is 40.2. The average molecular weight is 1170 g/mol. The molecule has 3 aliphatic rings. The van der Waals surface area contributed by atoms with Crippen LogP contribution in [0, 0.1) is 0 Å². The van der Waals surface area contributed by atoms with E-state index in [0.717, 1.165) is 10.3 Å². The molecule has 0 unspecified atom stereocenters. The zero-order chi connectivity index (χ0) is 57.5. The van der Waals surface area contributed by atoms with E-state index in [0.29, 0.717) is 205 Å². The summed E-state index contributed by atoms with van der Waals surface area (Å²) in [5, 5.41) is 12.4. The number of para-hydroxylation sites is 1. The second kappa shape index (κ2) is 35.9. The maximum absolute atomic E-state index is 13.6. The zero-order valence-corrected chi connectivity index (χ0v) is 46.9. The van der Waals surface area contributed by atoms with Crippen LogP contribution in [0.2, 0.25) is 0 Å². The number of thiazole rings is 1. The Bertz CT molecular complexity index is 2570. The number of piperidine rings is 1. The number of aromatic nitrogens is 4. The number of hydroxylamine groups is 2. The maximum Gasteiger partial charge on any atom is 0.335 e. The lowest BCUT2D eigenvalue weighted by Gasteiger charge is -2.36. The van der Waals surface area contributed by atoms with E-state index in [1.54, 1.807) is 33.8 Å². The van der Waals surface area contributed by atoms with Crippen LogP contribution in [0.1, 0.15) is 41.9 Å². The summed E-state index contributed by atoms with van der Waals surface area (Å²) in [6.07, 6.45) is 2.49. The highest BCUT2D eigenvalue weighted by atomic mass is 32.1. The highest BCUT2D eigenvalue weighted by molar-refractivity contribution is 7.20. The van der Waals surface area contributed by atoms with Gasteiger partial charge >= 0.3 is 12.0 Å². The lowest BCUT2D eigenvalue weighted by molar-refractivity contribution is -0.198. The van der Waals surface area contributed by atoms with Gasteiger partial charge in [-0.1, -0.05) is 29.5 Å². The lowest BCUT2D eigenvalue weighted by atomic mass is 9.87. The Kier molecular flexibility index (Phi) is 27.8. The highest BCUT2D eigenvalue weighted by Gasteiger charge is 2.53. The third-order valence-corrected chi connectivity index (χ3v) is 13.7. The second-order valence-electron chi connectivity index (χ2n) is 18.5. The largest absolute Gasteiger partial charge is 0.378 e. The summed E-state index contributed by atoms with van der Waals surface area (Å²) in [6.45, 7) is 11.0. The van der Waals surface area contributed by atoms with E-state index in [4.69, 9.17) is 61.7 Å². The van der Waals surface area contributed by atoms with Crippen molar-refractivity contribution in [3.05, 3.63) is 59.7 Å². The van der Waals surface area contributed by atoms with E-state index in [9.17, 15) is 28.8 Å². The Morgan fingerprint density at radius 3 is 1.52 bits per heavy atom. The molecule has 0 aliphatic carbocycles. The number of amides is 6. The number of hydrogen-bond acceptors (Lipinski definition) is 23. The molecule has 3 saturated heterocycles. The van der Waals surface area contributed by atoms with Crippen molar-refractivity contribution < 1.29 is 90.4 Å². The van der Waals surface area contributed by atoms with E-state index in [1.807, 2.05) is 30.5 Å². The molecule has 0 atom stereocenters. The molecule has 7 rings (SSSR count). The molecular weight excluding hydrogens is 1100 g/mol. The van der Waals surface area contributed by atoms with Crippen LogP contribution in [-0.4, -0.2) is 243 Å². The summed E-state index contributed by atoms with van der Waals surface area (Å²) >= 11 is 1.30. The number of urea groups is 1. The standard InChI is InChI=1S/C54H74N8O19S/c63-47-8-9-48(64)62(47)81-49(65)10-16-69-18-20-71-22-24-73-26-28-75-30-32-77-34-36-79-38-39-80-37-35-78-33-31-76-29-27-74-25-23-72-21-19-70-17-15-60-41-45(57-58-60)42-6-7-44-46(40-42)82-50(55-44)51(66)59-13-11-54(12-14-59)52(67)61(53(68)56-54)43-4-2-1-3-5-43/h1-7,40-41H,8-39H2,(H,56,68). The normalized spacial score (nSPS) is 15.2. The first-order valence-corrected chi connectivity index (χ1v) is 28.3. The van der Waals surface area contributed by atoms with Gasteiger partial charge in [0.1, 0.15) is 11.2 Å². The Labute approximate surface area is 478 Å². The first-order valence-electron chi connectivity index (χ1n) is 27.5. The quantitative estimate of drug-likeness (QED) is 0.0378. The predicted octanol–water partition coefficient (Wildman–Crippen LogP) is 2.48. The van der Waals surface area contributed by atoms with Gasteiger partial charge in [0.25, 0.3) is 23.6 Å². The number of hydrogen-bond donors (Lipinski definition) is 1. The smallest absolute Gasteiger partial charge is 0.335 e. The van der Waals surface area contributed by atoms with E-state index in [-0.39, 0.29) is 44.3 Å². The Balaban J connectivity index is 0.572. The molecule has 3 fully saturated rings. The van der Waals surface area contributed by atoms with Gasteiger partial charge in [0.2, 0.25) is 0 Å². The van der Waals surface area contributed by atoms with Crippen molar-refractivity contribution in [2.45, 2.75) is 44.2 Å².